The van der Waals surface area contributed by atoms with E-state index < -0.39 is 5.60 Å². The standard InChI is InChI=1S/C14H28O3/c1-7-8-9-12(15)17-14(5,6)10-11-16-13(2,3)4/h7-11H2,1-6H3. The second-order valence-corrected chi connectivity index (χ2v) is 6.05. The molecule has 0 aromatic rings. The molecule has 0 N–H and O–H groups in total. The summed E-state index contributed by atoms with van der Waals surface area (Å²) in [6.45, 7) is 12.6. The molecule has 0 spiro atoms. The molecule has 0 saturated carbocycles. The normalized spacial score (nSPS) is 12.6. The van der Waals surface area contributed by atoms with Gasteiger partial charge in [0, 0.05) is 12.8 Å². The molecule has 0 amide bonds. The van der Waals surface area contributed by atoms with Crippen molar-refractivity contribution in [2.45, 2.75) is 78.4 Å². The van der Waals surface area contributed by atoms with Gasteiger partial charge in [0.2, 0.25) is 0 Å². The molecule has 0 fully saturated rings. The van der Waals surface area contributed by atoms with Crippen molar-refractivity contribution in [1.82, 2.24) is 0 Å². The van der Waals surface area contributed by atoms with Crippen LogP contribution in [0.1, 0.15) is 67.2 Å². The highest BCUT2D eigenvalue weighted by Crippen LogP contribution is 2.18. The molecule has 0 aromatic heterocycles. The van der Waals surface area contributed by atoms with Gasteiger partial charge in [-0.05, 0) is 41.0 Å². The van der Waals surface area contributed by atoms with Crippen LogP contribution in [-0.4, -0.2) is 23.8 Å². The smallest absolute Gasteiger partial charge is 0.306 e. The monoisotopic (exact) mass is 244 g/mol. The van der Waals surface area contributed by atoms with Crippen molar-refractivity contribution < 1.29 is 14.3 Å². The molecule has 0 aliphatic rings. The molecule has 17 heavy (non-hydrogen) atoms. The van der Waals surface area contributed by atoms with Crippen LogP contribution in [-0.2, 0) is 14.3 Å². The van der Waals surface area contributed by atoms with Crippen LogP contribution in [0.15, 0.2) is 0 Å². The Balaban J connectivity index is 3.90. The summed E-state index contributed by atoms with van der Waals surface area (Å²) in [6.07, 6.45) is 3.15. The topological polar surface area (TPSA) is 35.5 Å². The summed E-state index contributed by atoms with van der Waals surface area (Å²) >= 11 is 0. The van der Waals surface area contributed by atoms with Crippen LogP contribution in [0, 0.1) is 0 Å². The van der Waals surface area contributed by atoms with Crippen LogP contribution < -0.4 is 0 Å². The zero-order valence-corrected chi connectivity index (χ0v) is 12.3. The molecule has 0 aliphatic carbocycles. The first-order valence-corrected chi connectivity index (χ1v) is 6.52. The van der Waals surface area contributed by atoms with E-state index in [4.69, 9.17) is 9.47 Å². The summed E-state index contributed by atoms with van der Waals surface area (Å²) in [6, 6.07) is 0. The van der Waals surface area contributed by atoms with Crippen LogP contribution >= 0.6 is 0 Å². The third kappa shape index (κ3) is 10.3. The molecule has 0 aromatic carbocycles. The number of hydrogen-bond acceptors (Lipinski definition) is 3. The zero-order valence-electron chi connectivity index (χ0n) is 12.3. The van der Waals surface area contributed by atoms with E-state index in [-0.39, 0.29) is 11.6 Å². The Kier molecular flexibility index (Phi) is 6.76. The van der Waals surface area contributed by atoms with Gasteiger partial charge in [-0.15, -0.1) is 0 Å². The van der Waals surface area contributed by atoms with Crippen molar-refractivity contribution in [2.24, 2.45) is 0 Å². The van der Waals surface area contributed by atoms with Gasteiger partial charge in [0.15, 0.2) is 0 Å². The molecule has 3 nitrogen and oxygen atoms in total. The first-order chi connectivity index (χ1) is 7.66. The van der Waals surface area contributed by atoms with E-state index in [9.17, 15) is 4.79 Å². The van der Waals surface area contributed by atoms with Crippen molar-refractivity contribution in [2.75, 3.05) is 6.61 Å². The van der Waals surface area contributed by atoms with Gasteiger partial charge in [0.1, 0.15) is 5.60 Å². The van der Waals surface area contributed by atoms with Crippen molar-refractivity contribution in [1.29, 1.82) is 0 Å². The molecule has 0 unspecified atom stereocenters. The Bertz CT molecular complexity index is 226. The van der Waals surface area contributed by atoms with E-state index in [2.05, 4.69) is 6.92 Å². The average Bonchev–Trinajstić information content (AvgIpc) is 2.11. The maximum Gasteiger partial charge on any atom is 0.306 e. The van der Waals surface area contributed by atoms with Gasteiger partial charge in [-0.2, -0.15) is 0 Å². The molecule has 0 atom stereocenters. The minimum atomic E-state index is -0.434. The van der Waals surface area contributed by atoms with E-state index in [1.54, 1.807) is 0 Å². The van der Waals surface area contributed by atoms with Crippen LogP contribution in [0.4, 0.5) is 0 Å². The van der Waals surface area contributed by atoms with Crippen molar-refractivity contribution in [3.63, 3.8) is 0 Å². The first kappa shape index (κ1) is 16.4. The third-order valence-corrected chi connectivity index (χ3v) is 2.36. The molecular weight excluding hydrogens is 216 g/mol. The molecule has 0 saturated heterocycles. The van der Waals surface area contributed by atoms with E-state index >= 15 is 0 Å². The second kappa shape index (κ2) is 7.00. The van der Waals surface area contributed by atoms with E-state index in [0.717, 1.165) is 19.3 Å². The number of esters is 1. The van der Waals surface area contributed by atoms with Crippen LogP contribution in [0.2, 0.25) is 0 Å². The predicted octanol–water partition coefficient (Wildman–Crippen LogP) is 3.70. The Hall–Kier alpha value is -0.570. The number of hydrogen-bond donors (Lipinski definition) is 0. The Morgan fingerprint density at radius 3 is 2.18 bits per heavy atom. The first-order valence-electron chi connectivity index (χ1n) is 6.52. The van der Waals surface area contributed by atoms with E-state index in [1.807, 2.05) is 34.6 Å². The lowest BCUT2D eigenvalue weighted by molar-refractivity contribution is -0.159. The maximum atomic E-state index is 11.5. The summed E-state index contributed by atoms with van der Waals surface area (Å²) < 4.78 is 11.1. The summed E-state index contributed by atoms with van der Waals surface area (Å²) in [5.41, 5.74) is -0.571. The Morgan fingerprint density at radius 1 is 1.12 bits per heavy atom. The lowest BCUT2D eigenvalue weighted by Crippen LogP contribution is -2.31. The highest BCUT2D eigenvalue weighted by molar-refractivity contribution is 5.69. The van der Waals surface area contributed by atoms with Gasteiger partial charge in [-0.1, -0.05) is 13.3 Å². The Labute approximate surface area is 106 Å². The van der Waals surface area contributed by atoms with Gasteiger partial charge < -0.3 is 9.47 Å². The third-order valence-electron chi connectivity index (χ3n) is 2.36. The quantitative estimate of drug-likeness (QED) is 0.640. The molecule has 0 heterocycles. The van der Waals surface area contributed by atoms with Crippen molar-refractivity contribution in [3.05, 3.63) is 0 Å². The van der Waals surface area contributed by atoms with Gasteiger partial charge in [0.25, 0.3) is 0 Å². The highest BCUT2D eigenvalue weighted by Gasteiger charge is 2.23. The molecule has 0 bridgehead atoms. The molecular formula is C14H28O3. The highest BCUT2D eigenvalue weighted by atomic mass is 16.6. The second-order valence-electron chi connectivity index (χ2n) is 6.05. The number of rotatable bonds is 7. The van der Waals surface area contributed by atoms with E-state index in [1.165, 1.54) is 0 Å². The minimum absolute atomic E-state index is 0.104. The van der Waals surface area contributed by atoms with Gasteiger partial charge >= 0.3 is 5.97 Å². The van der Waals surface area contributed by atoms with Crippen LogP contribution in [0.5, 0.6) is 0 Å². The van der Waals surface area contributed by atoms with E-state index in [0.29, 0.717) is 13.0 Å². The number of carbonyl (C=O) groups is 1. The fourth-order valence-corrected chi connectivity index (χ4v) is 1.33. The number of carbonyl (C=O) groups excluding carboxylic acids is 1. The van der Waals surface area contributed by atoms with Crippen LogP contribution in [0.3, 0.4) is 0 Å². The van der Waals surface area contributed by atoms with Gasteiger partial charge in [0.05, 0.1) is 12.2 Å². The van der Waals surface area contributed by atoms with Gasteiger partial charge in [-0.3, -0.25) is 4.79 Å². The minimum Gasteiger partial charge on any atom is -0.460 e. The molecule has 0 radical (unpaired) electrons. The average molecular weight is 244 g/mol. The fourth-order valence-electron chi connectivity index (χ4n) is 1.33. The predicted molar refractivity (Wildman–Crippen MR) is 70.0 cm³/mol. The lowest BCUT2D eigenvalue weighted by Gasteiger charge is -2.27. The molecule has 102 valence electrons. The summed E-state index contributed by atoms with van der Waals surface area (Å²) in [5.74, 6) is -0.104. The fraction of sp³-hybridized carbons (Fsp3) is 0.929. The molecule has 3 heteroatoms. The number of unbranched alkanes of at least 4 members (excludes halogenated alkanes) is 1. The summed E-state index contributed by atoms with van der Waals surface area (Å²) in [5, 5.41) is 0. The van der Waals surface area contributed by atoms with Crippen molar-refractivity contribution in [3.8, 4) is 0 Å². The summed E-state index contributed by atoms with van der Waals surface area (Å²) in [4.78, 5) is 11.5. The summed E-state index contributed by atoms with van der Waals surface area (Å²) in [7, 11) is 0. The SMILES string of the molecule is CCCCC(=O)OC(C)(C)CCOC(C)(C)C. The molecule has 0 rings (SSSR count). The molecule has 0 aliphatic heterocycles. The largest absolute Gasteiger partial charge is 0.460 e. The maximum absolute atomic E-state index is 11.5. The lowest BCUT2D eigenvalue weighted by atomic mass is 10.1. The van der Waals surface area contributed by atoms with Crippen LogP contribution in [0.25, 0.3) is 0 Å². The Morgan fingerprint density at radius 2 is 1.71 bits per heavy atom. The zero-order chi connectivity index (χ0) is 13.5. The van der Waals surface area contributed by atoms with Crippen molar-refractivity contribution >= 4 is 5.97 Å². The number of ether oxygens (including phenoxy) is 2. The van der Waals surface area contributed by atoms with Gasteiger partial charge in [-0.25, -0.2) is 0 Å².